The number of anilines is 1. The van der Waals surface area contributed by atoms with Crippen molar-refractivity contribution >= 4 is 27.5 Å². The third-order valence-electron chi connectivity index (χ3n) is 5.73. The second kappa shape index (κ2) is 7.02. The largest absolute Gasteiger partial charge is 0.368 e. The number of aryl methyl sites for hydroxylation is 2. The highest BCUT2D eigenvalue weighted by molar-refractivity contribution is 5.88. The fourth-order valence-corrected chi connectivity index (χ4v) is 4.47. The fraction of sp³-hybridized carbons (Fsp3) is 0.348. The molecule has 4 aromatic rings. The van der Waals surface area contributed by atoms with Crippen LogP contribution in [0.1, 0.15) is 19.5 Å². The van der Waals surface area contributed by atoms with Crippen LogP contribution in [0.2, 0.25) is 0 Å². The van der Waals surface area contributed by atoms with Crippen LogP contribution >= 0.6 is 0 Å². The Morgan fingerprint density at radius 2 is 1.83 bits per heavy atom. The summed E-state index contributed by atoms with van der Waals surface area (Å²) in [7, 11) is 1.78. The maximum absolute atomic E-state index is 14.5. The first-order chi connectivity index (χ1) is 14.4. The van der Waals surface area contributed by atoms with E-state index in [1.165, 1.54) is 11.8 Å². The number of hydrogen-bond acceptors (Lipinski definition) is 5. The van der Waals surface area contributed by atoms with Crippen molar-refractivity contribution < 1.29 is 4.39 Å². The van der Waals surface area contributed by atoms with E-state index in [-0.39, 0.29) is 5.82 Å². The lowest BCUT2D eigenvalue weighted by Crippen LogP contribution is -2.54. The standard InChI is InChI=1S/C23H25FN6/c1-13-10-30(11-14(2)25-13)18-5-6-21-19(9-18)15(3)26-23(27-21)16-7-17-12-29(4)28-22(17)20(24)8-16/h5-9,12-14,25H,10-11H2,1-4H3. The number of fused-ring (bicyclic) bond motifs is 2. The first-order valence-corrected chi connectivity index (χ1v) is 10.3. The Morgan fingerprint density at radius 1 is 1.07 bits per heavy atom. The van der Waals surface area contributed by atoms with E-state index in [2.05, 4.69) is 41.3 Å². The second-order valence-corrected chi connectivity index (χ2v) is 8.41. The molecule has 2 unspecified atom stereocenters. The van der Waals surface area contributed by atoms with Gasteiger partial charge >= 0.3 is 0 Å². The zero-order valence-electron chi connectivity index (χ0n) is 17.6. The molecule has 0 saturated carbocycles. The third kappa shape index (κ3) is 3.29. The molecule has 2 atom stereocenters. The van der Waals surface area contributed by atoms with Gasteiger partial charge in [-0.15, -0.1) is 0 Å². The molecule has 1 aliphatic rings. The lowest BCUT2D eigenvalue weighted by molar-refractivity contribution is 0.407. The van der Waals surface area contributed by atoms with Crippen molar-refractivity contribution in [3.63, 3.8) is 0 Å². The molecule has 1 fully saturated rings. The normalized spacial score (nSPS) is 19.7. The van der Waals surface area contributed by atoms with Gasteiger partial charge in [0.2, 0.25) is 0 Å². The van der Waals surface area contributed by atoms with Crippen molar-refractivity contribution in [1.29, 1.82) is 0 Å². The van der Waals surface area contributed by atoms with E-state index in [1.807, 2.05) is 19.1 Å². The molecular formula is C23H25FN6. The summed E-state index contributed by atoms with van der Waals surface area (Å²) >= 11 is 0. The van der Waals surface area contributed by atoms with Crippen LogP contribution in [-0.2, 0) is 7.05 Å². The van der Waals surface area contributed by atoms with Gasteiger partial charge in [0.25, 0.3) is 0 Å². The van der Waals surface area contributed by atoms with Gasteiger partial charge in [0, 0.05) is 66.1 Å². The number of aromatic nitrogens is 4. The van der Waals surface area contributed by atoms with E-state index in [4.69, 9.17) is 9.97 Å². The number of rotatable bonds is 2. The molecule has 0 radical (unpaired) electrons. The van der Waals surface area contributed by atoms with Gasteiger partial charge in [-0.1, -0.05) is 0 Å². The molecule has 0 amide bonds. The van der Waals surface area contributed by atoms with E-state index >= 15 is 0 Å². The summed E-state index contributed by atoms with van der Waals surface area (Å²) < 4.78 is 16.2. The molecule has 1 N–H and O–H groups in total. The van der Waals surface area contributed by atoms with Crippen molar-refractivity contribution in [1.82, 2.24) is 25.1 Å². The Hall–Kier alpha value is -3.06. The van der Waals surface area contributed by atoms with Gasteiger partial charge in [-0.25, -0.2) is 14.4 Å². The Morgan fingerprint density at radius 3 is 2.60 bits per heavy atom. The van der Waals surface area contributed by atoms with E-state index in [1.54, 1.807) is 17.9 Å². The van der Waals surface area contributed by atoms with E-state index < -0.39 is 0 Å². The average Bonchev–Trinajstić information content (AvgIpc) is 3.08. The molecule has 1 saturated heterocycles. The highest BCUT2D eigenvalue weighted by Gasteiger charge is 2.21. The molecule has 3 heterocycles. The molecule has 0 spiro atoms. The monoisotopic (exact) mass is 404 g/mol. The van der Waals surface area contributed by atoms with Gasteiger partial charge < -0.3 is 10.2 Å². The maximum Gasteiger partial charge on any atom is 0.160 e. The van der Waals surface area contributed by atoms with Crippen LogP contribution in [-0.4, -0.2) is 44.9 Å². The zero-order valence-corrected chi connectivity index (χ0v) is 17.6. The first kappa shape index (κ1) is 18.9. The Kier molecular flexibility index (Phi) is 4.43. The van der Waals surface area contributed by atoms with Crippen LogP contribution in [0.3, 0.4) is 0 Å². The van der Waals surface area contributed by atoms with Gasteiger partial charge in [-0.05, 0) is 51.1 Å². The average molecular weight is 404 g/mol. The second-order valence-electron chi connectivity index (χ2n) is 8.41. The topological polar surface area (TPSA) is 58.9 Å². The van der Waals surface area contributed by atoms with Crippen LogP contribution in [0.5, 0.6) is 0 Å². The molecule has 0 aliphatic carbocycles. The molecule has 2 aromatic carbocycles. The van der Waals surface area contributed by atoms with Gasteiger partial charge in [0.05, 0.1) is 5.52 Å². The van der Waals surface area contributed by atoms with Gasteiger partial charge in [-0.2, -0.15) is 5.10 Å². The smallest absolute Gasteiger partial charge is 0.160 e. The highest BCUT2D eigenvalue weighted by atomic mass is 19.1. The van der Waals surface area contributed by atoms with Crippen molar-refractivity contribution in [3.8, 4) is 11.4 Å². The predicted octanol–water partition coefficient (Wildman–Crippen LogP) is 3.82. The van der Waals surface area contributed by atoms with Crippen molar-refractivity contribution in [2.75, 3.05) is 18.0 Å². The zero-order chi connectivity index (χ0) is 21.0. The molecule has 0 bridgehead atoms. The minimum atomic E-state index is -0.359. The molecule has 6 nitrogen and oxygen atoms in total. The van der Waals surface area contributed by atoms with Crippen LogP contribution in [0.4, 0.5) is 10.1 Å². The summed E-state index contributed by atoms with van der Waals surface area (Å²) in [5, 5.41) is 9.51. The summed E-state index contributed by atoms with van der Waals surface area (Å²) in [5.41, 5.74) is 3.96. The molecule has 5 rings (SSSR count). The molecule has 154 valence electrons. The number of benzene rings is 2. The van der Waals surface area contributed by atoms with E-state index in [0.717, 1.165) is 35.1 Å². The van der Waals surface area contributed by atoms with Crippen LogP contribution in [0.25, 0.3) is 33.2 Å². The quantitative estimate of drug-likeness (QED) is 0.550. The van der Waals surface area contributed by atoms with Crippen molar-refractivity contribution in [2.45, 2.75) is 32.9 Å². The number of piperazine rings is 1. The summed E-state index contributed by atoms with van der Waals surface area (Å²) in [5.74, 6) is 0.170. The number of nitrogens with one attached hydrogen (secondary N) is 1. The Bertz CT molecular complexity index is 1250. The first-order valence-electron chi connectivity index (χ1n) is 10.3. The SMILES string of the molecule is Cc1nc(-c2cc(F)c3nn(C)cc3c2)nc2ccc(N3CC(C)NC(C)C3)cc12. The summed E-state index contributed by atoms with van der Waals surface area (Å²) in [6.07, 6.45) is 1.80. The lowest BCUT2D eigenvalue weighted by Gasteiger charge is -2.37. The summed E-state index contributed by atoms with van der Waals surface area (Å²) in [6, 6.07) is 10.6. The highest BCUT2D eigenvalue weighted by Crippen LogP contribution is 2.29. The molecule has 2 aromatic heterocycles. The Balaban J connectivity index is 1.56. The predicted molar refractivity (Wildman–Crippen MR) is 118 cm³/mol. The number of nitrogens with zero attached hydrogens (tertiary/aromatic N) is 5. The molecule has 1 aliphatic heterocycles. The van der Waals surface area contributed by atoms with Gasteiger partial charge in [-0.3, -0.25) is 4.68 Å². The van der Waals surface area contributed by atoms with Gasteiger partial charge in [0.15, 0.2) is 11.6 Å². The number of hydrogen-bond donors (Lipinski definition) is 1. The minimum Gasteiger partial charge on any atom is -0.368 e. The minimum absolute atomic E-state index is 0.359. The van der Waals surface area contributed by atoms with Crippen LogP contribution in [0.15, 0.2) is 36.5 Å². The van der Waals surface area contributed by atoms with Crippen molar-refractivity contribution in [3.05, 3.63) is 48.0 Å². The third-order valence-corrected chi connectivity index (χ3v) is 5.73. The summed E-state index contributed by atoms with van der Waals surface area (Å²) in [4.78, 5) is 11.9. The molecule has 30 heavy (non-hydrogen) atoms. The van der Waals surface area contributed by atoms with Gasteiger partial charge in [0.1, 0.15) is 5.52 Å². The van der Waals surface area contributed by atoms with E-state index in [0.29, 0.717) is 29.0 Å². The number of halogens is 1. The lowest BCUT2D eigenvalue weighted by atomic mass is 10.1. The molecular weight excluding hydrogens is 379 g/mol. The van der Waals surface area contributed by atoms with E-state index in [9.17, 15) is 4.39 Å². The van der Waals surface area contributed by atoms with Crippen molar-refractivity contribution in [2.24, 2.45) is 7.05 Å². The fourth-order valence-electron chi connectivity index (χ4n) is 4.47. The molecule has 7 heteroatoms. The van der Waals surface area contributed by atoms with Crippen LogP contribution < -0.4 is 10.2 Å². The maximum atomic E-state index is 14.5. The Labute approximate surface area is 174 Å². The summed E-state index contributed by atoms with van der Waals surface area (Å²) in [6.45, 7) is 8.35. The van der Waals surface area contributed by atoms with Crippen LogP contribution in [0, 0.1) is 12.7 Å².